The van der Waals surface area contributed by atoms with Crippen molar-refractivity contribution in [2.24, 2.45) is 0 Å². The van der Waals surface area contributed by atoms with Crippen LogP contribution in [0.3, 0.4) is 0 Å². The first-order valence-corrected chi connectivity index (χ1v) is 6.77. The molecule has 0 spiro atoms. The number of hydrogen-bond acceptors (Lipinski definition) is 4. The maximum Gasteiger partial charge on any atom is 0.129 e. The zero-order valence-electron chi connectivity index (χ0n) is 12.1. The molecule has 1 aromatic carbocycles. The third kappa shape index (κ3) is 2.96. The number of aliphatic hydroxyl groups is 1. The molecule has 0 fully saturated rings. The Labute approximate surface area is 119 Å². The van der Waals surface area contributed by atoms with Crippen LogP contribution in [0.1, 0.15) is 31.4 Å². The smallest absolute Gasteiger partial charge is 0.129 e. The molecule has 0 bridgehead atoms. The van der Waals surface area contributed by atoms with Crippen LogP contribution in [0.15, 0.2) is 43.0 Å². The Morgan fingerprint density at radius 3 is 2.35 bits per heavy atom. The standard InChI is InChI=1S/C16H20N2O2/c1-4-16(19,14-9-17-11-18-10-14)13(3)20-15-7-5-12(2)6-8-15/h5-11,13,19H,4H2,1-3H3. The average molecular weight is 272 g/mol. The topological polar surface area (TPSA) is 55.2 Å². The number of aryl methyl sites for hydroxylation is 1. The monoisotopic (exact) mass is 272 g/mol. The zero-order chi connectivity index (χ0) is 14.6. The maximum absolute atomic E-state index is 10.9. The average Bonchev–Trinajstić information content (AvgIpc) is 2.49. The quantitative estimate of drug-likeness (QED) is 0.909. The number of benzene rings is 1. The van der Waals surface area contributed by atoms with Crippen LogP contribution in [0.25, 0.3) is 0 Å². The Morgan fingerprint density at radius 1 is 1.20 bits per heavy atom. The molecule has 106 valence electrons. The third-order valence-corrected chi connectivity index (χ3v) is 3.61. The van der Waals surface area contributed by atoms with E-state index in [1.54, 1.807) is 12.4 Å². The highest BCUT2D eigenvalue weighted by Gasteiger charge is 2.36. The molecule has 2 atom stereocenters. The van der Waals surface area contributed by atoms with Crippen molar-refractivity contribution < 1.29 is 9.84 Å². The van der Waals surface area contributed by atoms with Gasteiger partial charge in [0.2, 0.25) is 0 Å². The van der Waals surface area contributed by atoms with E-state index in [9.17, 15) is 5.11 Å². The van der Waals surface area contributed by atoms with Crippen LogP contribution in [0.5, 0.6) is 5.75 Å². The van der Waals surface area contributed by atoms with Crippen LogP contribution in [0.2, 0.25) is 0 Å². The summed E-state index contributed by atoms with van der Waals surface area (Å²) < 4.78 is 5.87. The molecule has 0 aliphatic heterocycles. The van der Waals surface area contributed by atoms with E-state index in [0.717, 1.165) is 5.75 Å². The molecule has 2 rings (SSSR count). The van der Waals surface area contributed by atoms with Crippen molar-refractivity contribution in [1.82, 2.24) is 9.97 Å². The zero-order valence-corrected chi connectivity index (χ0v) is 12.1. The number of ether oxygens (including phenoxy) is 1. The van der Waals surface area contributed by atoms with Gasteiger partial charge >= 0.3 is 0 Å². The Morgan fingerprint density at radius 2 is 1.80 bits per heavy atom. The minimum Gasteiger partial charge on any atom is -0.487 e. The first-order valence-electron chi connectivity index (χ1n) is 6.77. The first kappa shape index (κ1) is 14.5. The van der Waals surface area contributed by atoms with Crippen molar-refractivity contribution in [3.8, 4) is 5.75 Å². The van der Waals surface area contributed by atoms with E-state index in [4.69, 9.17) is 4.74 Å². The lowest BCUT2D eigenvalue weighted by Gasteiger charge is -2.33. The predicted octanol–water partition coefficient (Wildman–Crippen LogP) is 2.85. The summed E-state index contributed by atoms with van der Waals surface area (Å²) in [6.07, 6.45) is 4.83. The van der Waals surface area contributed by atoms with Crippen molar-refractivity contribution in [3.63, 3.8) is 0 Å². The SMILES string of the molecule is CCC(O)(c1cncnc1)C(C)Oc1ccc(C)cc1. The second-order valence-corrected chi connectivity index (χ2v) is 4.98. The maximum atomic E-state index is 10.9. The summed E-state index contributed by atoms with van der Waals surface area (Å²) in [7, 11) is 0. The highest BCUT2D eigenvalue weighted by Crippen LogP contribution is 2.30. The molecule has 1 heterocycles. The molecule has 1 N–H and O–H groups in total. The molecular weight excluding hydrogens is 252 g/mol. The van der Waals surface area contributed by atoms with Gasteiger partial charge in [0, 0.05) is 18.0 Å². The fourth-order valence-electron chi connectivity index (χ4n) is 2.17. The van der Waals surface area contributed by atoms with Crippen molar-refractivity contribution in [2.45, 2.75) is 38.9 Å². The first-order chi connectivity index (χ1) is 9.56. The van der Waals surface area contributed by atoms with Crippen LogP contribution < -0.4 is 4.74 Å². The molecule has 1 aromatic heterocycles. The number of aromatic nitrogens is 2. The molecular formula is C16H20N2O2. The Hall–Kier alpha value is -1.94. The van der Waals surface area contributed by atoms with Gasteiger partial charge in [0.25, 0.3) is 0 Å². The van der Waals surface area contributed by atoms with Gasteiger partial charge in [0.1, 0.15) is 23.8 Å². The van der Waals surface area contributed by atoms with E-state index in [1.807, 2.05) is 45.0 Å². The minimum atomic E-state index is -1.11. The molecule has 0 radical (unpaired) electrons. The van der Waals surface area contributed by atoms with Gasteiger partial charge in [0.15, 0.2) is 0 Å². The summed E-state index contributed by atoms with van der Waals surface area (Å²) in [4.78, 5) is 7.95. The normalized spacial score (nSPS) is 15.4. The fraction of sp³-hybridized carbons (Fsp3) is 0.375. The Bertz CT molecular complexity index is 542. The molecule has 0 amide bonds. The lowest BCUT2D eigenvalue weighted by atomic mass is 9.88. The lowest BCUT2D eigenvalue weighted by Crippen LogP contribution is -2.41. The number of nitrogens with zero attached hydrogens (tertiary/aromatic N) is 2. The van der Waals surface area contributed by atoms with E-state index in [-0.39, 0.29) is 0 Å². The van der Waals surface area contributed by atoms with Gasteiger partial charge in [-0.3, -0.25) is 0 Å². The summed E-state index contributed by atoms with van der Waals surface area (Å²) in [5, 5.41) is 10.9. The molecule has 20 heavy (non-hydrogen) atoms. The summed E-state index contributed by atoms with van der Waals surface area (Å²) in [6.45, 7) is 5.80. The largest absolute Gasteiger partial charge is 0.487 e. The summed E-state index contributed by atoms with van der Waals surface area (Å²) in [6, 6.07) is 7.78. The lowest BCUT2D eigenvalue weighted by molar-refractivity contribution is -0.0624. The van der Waals surface area contributed by atoms with Crippen molar-refractivity contribution in [2.75, 3.05) is 0 Å². The van der Waals surface area contributed by atoms with Gasteiger partial charge in [-0.25, -0.2) is 9.97 Å². The molecule has 4 heteroatoms. The highest BCUT2D eigenvalue weighted by atomic mass is 16.5. The van der Waals surface area contributed by atoms with Crippen LogP contribution in [-0.2, 0) is 5.60 Å². The Kier molecular flexibility index (Phi) is 4.35. The Balaban J connectivity index is 2.21. The van der Waals surface area contributed by atoms with Crippen LogP contribution >= 0.6 is 0 Å². The van der Waals surface area contributed by atoms with E-state index in [2.05, 4.69) is 9.97 Å². The van der Waals surface area contributed by atoms with E-state index < -0.39 is 11.7 Å². The van der Waals surface area contributed by atoms with Crippen molar-refractivity contribution in [1.29, 1.82) is 0 Å². The summed E-state index contributed by atoms with van der Waals surface area (Å²) in [5.74, 6) is 0.742. The number of rotatable bonds is 5. The van der Waals surface area contributed by atoms with Crippen LogP contribution in [0, 0.1) is 6.92 Å². The molecule has 0 aliphatic carbocycles. The summed E-state index contributed by atoms with van der Waals surface area (Å²) >= 11 is 0. The van der Waals surface area contributed by atoms with Gasteiger partial charge < -0.3 is 9.84 Å². The second-order valence-electron chi connectivity index (χ2n) is 4.98. The minimum absolute atomic E-state index is 0.402. The summed E-state index contributed by atoms with van der Waals surface area (Å²) in [5.41, 5.74) is 0.737. The molecule has 2 aromatic rings. The van der Waals surface area contributed by atoms with Crippen molar-refractivity contribution in [3.05, 3.63) is 54.1 Å². The van der Waals surface area contributed by atoms with Crippen LogP contribution in [0.4, 0.5) is 0 Å². The van der Waals surface area contributed by atoms with Gasteiger partial charge in [-0.1, -0.05) is 24.6 Å². The fourth-order valence-corrected chi connectivity index (χ4v) is 2.17. The van der Waals surface area contributed by atoms with Crippen LogP contribution in [-0.4, -0.2) is 21.2 Å². The highest BCUT2D eigenvalue weighted by molar-refractivity contribution is 5.27. The predicted molar refractivity (Wildman–Crippen MR) is 77.5 cm³/mol. The van der Waals surface area contributed by atoms with Crippen molar-refractivity contribution >= 4 is 0 Å². The second kappa shape index (κ2) is 6.01. The van der Waals surface area contributed by atoms with E-state index >= 15 is 0 Å². The molecule has 0 aliphatic rings. The molecule has 4 nitrogen and oxygen atoms in total. The van der Waals surface area contributed by atoms with Gasteiger partial charge in [-0.05, 0) is 32.4 Å². The van der Waals surface area contributed by atoms with Gasteiger partial charge in [-0.15, -0.1) is 0 Å². The molecule has 2 unspecified atom stereocenters. The third-order valence-electron chi connectivity index (χ3n) is 3.61. The van der Waals surface area contributed by atoms with Gasteiger partial charge in [-0.2, -0.15) is 0 Å². The van der Waals surface area contributed by atoms with E-state index in [1.165, 1.54) is 11.9 Å². The molecule has 0 saturated carbocycles. The molecule has 0 saturated heterocycles. The number of hydrogen-bond donors (Lipinski definition) is 1. The van der Waals surface area contributed by atoms with Gasteiger partial charge in [0.05, 0.1) is 0 Å². The van der Waals surface area contributed by atoms with E-state index in [0.29, 0.717) is 12.0 Å².